The Morgan fingerprint density at radius 2 is 1.71 bits per heavy atom. The second kappa shape index (κ2) is 12.3. The first-order valence-corrected chi connectivity index (χ1v) is 12.7. The van der Waals surface area contributed by atoms with Gasteiger partial charge in [0.15, 0.2) is 23.4 Å². The van der Waals surface area contributed by atoms with Crippen LogP contribution in [-0.2, 0) is 4.79 Å². The summed E-state index contributed by atoms with van der Waals surface area (Å²) in [5.41, 5.74) is 7.60. The Morgan fingerprint density at radius 1 is 1.02 bits per heavy atom. The molecular formula is C29H33N7O5. The minimum absolute atomic E-state index is 0.0460. The molecule has 1 heterocycles. The quantitative estimate of drug-likeness (QED) is 0.161. The molecule has 0 saturated carbocycles. The van der Waals surface area contributed by atoms with Gasteiger partial charge >= 0.3 is 5.69 Å². The van der Waals surface area contributed by atoms with Crippen molar-refractivity contribution < 1.29 is 19.0 Å². The van der Waals surface area contributed by atoms with Gasteiger partial charge < -0.3 is 30.2 Å². The number of H-pyrrole nitrogens is 1. The van der Waals surface area contributed by atoms with Crippen LogP contribution in [0.2, 0.25) is 0 Å². The number of aromatic nitrogens is 3. The van der Waals surface area contributed by atoms with E-state index in [1.54, 1.807) is 87.7 Å². The molecular weight excluding hydrogens is 526 g/mol. The number of likely N-dealkylation sites (N-methyl/N-ethyl adjacent to an activating group) is 1. The number of carbonyl (C=O) groups excluding carboxylic acids is 1. The zero-order valence-electron chi connectivity index (χ0n) is 23.5. The SMILES string of the molecule is COc1cc(C(Nc2ccc(C(=N)N)cc2)c2nn(-c3ccccc3OC)c(=O)[nH]2)ccc1OC(C)C(=O)N(C)C. The van der Waals surface area contributed by atoms with E-state index in [1.165, 1.54) is 23.8 Å². The number of nitrogens with zero attached hydrogens (tertiary/aromatic N) is 3. The maximum atomic E-state index is 13.1. The summed E-state index contributed by atoms with van der Waals surface area (Å²) in [7, 11) is 6.35. The van der Waals surface area contributed by atoms with Gasteiger partial charge in [0, 0.05) is 25.3 Å². The Hall–Kier alpha value is -5.26. The molecule has 4 rings (SSSR count). The van der Waals surface area contributed by atoms with Gasteiger partial charge in [-0.25, -0.2) is 4.79 Å². The summed E-state index contributed by atoms with van der Waals surface area (Å²) in [5.74, 6) is 1.35. The predicted molar refractivity (Wildman–Crippen MR) is 155 cm³/mol. The molecule has 0 fully saturated rings. The zero-order valence-corrected chi connectivity index (χ0v) is 23.5. The molecule has 2 atom stereocenters. The second-order valence-corrected chi connectivity index (χ2v) is 9.37. The molecule has 214 valence electrons. The highest BCUT2D eigenvalue weighted by Gasteiger charge is 2.24. The second-order valence-electron chi connectivity index (χ2n) is 9.37. The van der Waals surface area contributed by atoms with E-state index in [1.807, 2.05) is 0 Å². The van der Waals surface area contributed by atoms with Gasteiger partial charge in [-0.3, -0.25) is 15.2 Å². The first kappa shape index (κ1) is 28.7. The van der Waals surface area contributed by atoms with Gasteiger partial charge in [-0.1, -0.05) is 18.2 Å². The molecule has 0 bridgehead atoms. The van der Waals surface area contributed by atoms with Crippen LogP contribution in [0.15, 0.2) is 71.5 Å². The highest BCUT2D eigenvalue weighted by Crippen LogP contribution is 2.34. The third kappa shape index (κ3) is 6.32. The Kier molecular flexibility index (Phi) is 8.61. The number of para-hydroxylation sites is 2. The van der Waals surface area contributed by atoms with E-state index < -0.39 is 17.8 Å². The monoisotopic (exact) mass is 559 g/mol. The van der Waals surface area contributed by atoms with Gasteiger partial charge in [0.05, 0.1) is 14.2 Å². The number of rotatable bonds is 11. The number of anilines is 1. The van der Waals surface area contributed by atoms with Crippen LogP contribution < -0.4 is 31.0 Å². The zero-order chi connectivity index (χ0) is 29.7. The van der Waals surface area contributed by atoms with Crippen LogP contribution in [-0.4, -0.2) is 65.8 Å². The normalized spacial score (nSPS) is 12.2. The van der Waals surface area contributed by atoms with Crippen molar-refractivity contribution in [3.63, 3.8) is 0 Å². The fourth-order valence-electron chi connectivity index (χ4n) is 4.23. The molecule has 12 nitrogen and oxygen atoms in total. The lowest BCUT2D eigenvalue weighted by atomic mass is 10.0. The van der Waals surface area contributed by atoms with Crippen LogP contribution in [0, 0.1) is 5.41 Å². The number of nitrogen functional groups attached to an aromatic ring is 1. The summed E-state index contributed by atoms with van der Waals surface area (Å²) in [6, 6.07) is 18.7. The summed E-state index contributed by atoms with van der Waals surface area (Å²) in [5, 5.41) is 15.7. The molecule has 0 aliphatic rings. The summed E-state index contributed by atoms with van der Waals surface area (Å²) in [4.78, 5) is 29.7. The first-order chi connectivity index (χ1) is 19.6. The van der Waals surface area contributed by atoms with E-state index in [4.69, 9.17) is 25.4 Å². The predicted octanol–water partition coefficient (Wildman–Crippen LogP) is 2.92. The van der Waals surface area contributed by atoms with Gasteiger partial charge in [-0.05, 0) is 61.0 Å². The van der Waals surface area contributed by atoms with Crippen molar-refractivity contribution in [2.24, 2.45) is 5.73 Å². The number of carbonyl (C=O) groups is 1. The summed E-state index contributed by atoms with van der Waals surface area (Å²) in [6.07, 6.45) is -0.730. The van der Waals surface area contributed by atoms with Crippen molar-refractivity contribution >= 4 is 17.4 Å². The molecule has 41 heavy (non-hydrogen) atoms. The fraction of sp³-hybridized carbons (Fsp3) is 0.241. The van der Waals surface area contributed by atoms with Crippen molar-refractivity contribution in [1.29, 1.82) is 5.41 Å². The van der Waals surface area contributed by atoms with Crippen molar-refractivity contribution in [2.75, 3.05) is 33.6 Å². The number of hydrogen-bond acceptors (Lipinski definition) is 8. The largest absolute Gasteiger partial charge is 0.494 e. The number of hydrogen-bond donors (Lipinski definition) is 4. The van der Waals surface area contributed by atoms with Crippen LogP contribution in [0.5, 0.6) is 17.2 Å². The van der Waals surface area contributed by atoms with Gasteiger partial charge in [0.1, 0.15) is 23.3 Å². The minimum atomic E-state index is -0.730. The lowest BCUT2D eigenvalue weighted by molar-refractivity contribution is -0.135. The topological polar surface area (TPSA) is 161 Å². The maximum Gasteiger partial charge on any atom is 0.348 e. The van der Waals surface area contributed by atoms with Crippen molar-refractivity contribution in [1.82, 2.24) is 19.7 Å². The van der Waals surface area contributed by atoms with E-state index in [-0.39, 0.29) is 11.7 Å². The smallest absolute Gasteiger partial charge is 0.348 e. The molecule has 0 aliphatic carbocycles. The molecule has 5 N–H and O–H groups in total. The third-order valence-electron chi connectivity index (χ3n) is 6.34. The molecule has 12 heteroatoms. The number of benzene rings is 3. The highest BCUT2D eigenvalue weighted by molar-refractivity contribution is 5.95. The van der Waals surface area contributed by atoms with Gasteiger partial charge in [0.25, 0.3) is 5.91 Å². The number of amidine groups is 1. The summed E-state index contributed by atoms with van der Waals surface area (Å²) < 4.78 is 18.2. The van der Waals surface area contributed by atoms with Gasteiger partial charge in [-0.15, -0.1) is 5.10 Å². The van der Waals surface area contributed by atoms with Gasteiger partial charge in [0.2, 0.25) is 0 Å². The molecule has 3 aromatic carbocycles. The van der Waals surface area contributed by atoms with Crippen LogP contribution in [0.4, 0.5) is 5.69 Å². The van der Waals surface area contributed by atoms with E-state index >= 15 is 0 Å². The van der Waals surface area contributed by atoms with E-state index in [0.29, 0.717) is 45.6 Å². The standard InChI is InChI=1S/C29H33N7O5/c1-17(28(37)35(2)3)41-23-15-12-19(16-24(23)40-5)25(32-20-13-10-18(11-14-20)26(30)31)27-33-29(38)36(34-27)21-8-6-7-9-22(21)39-4/h6-17,25,32H,1-5H3,(H3,30,31)(H,33,34,38). The molecule has 1 amide bonds. The highest BCUT2D eigenvalue weighted by atomic mass is 16.5. The molecule has 0 saturated heterocycles. The molecule has 4 aromatic rings. The van der Waals surface area contributed by atoms with Crippen LogP contribution in [0.1, 0.15) is 29.9 Å². The lowest BCUT2D eigenvalue weighted by Crippen LogP contribution is -2.35. The molecule has 0 radical (unpaired) electrons. The number of aromatic amines is 1. The number of nitrogens with one attached hydrogen (secondary N) is 3. The van der Waals surface area contributed by atoms with Crippen molar-refractivity contribution in [3.05, 3.63) is 94.2 Å². The number of methoxy groups -OCH3 is 2. The first-order valence-electron chi connectivity index (χ1n) is 12.7. The molecule has 2 unspecified atom stereocenters. The fourth-order valence-corrected chi connectivity index (χ4v) is 4.23. The summed E-state index contributed by atoms with van der Waals surface area (Å²) >= 11 is 0. The Bertz CT molecular complexity index is 1590. The molecule has 0 aliphatic heterocycles. The number of ether oxygens (including phenoxy) is 3. The average molecular weight is 560 g/mol. The Labute approximate surface area is 237 Å². The van der Waals surface area contributed by atoms with E-state index in [2.05, 4.69) is 15.4 Å². The van der Waals surface area contributed by atoms with Crippen LogP contribution >= 0.6 is 0 Å². The molecule has 0 spiro atoms. The Balaban J connectivity index is 1.77. The van der Waals surface area contributed by atoms with E-state index in [9.17, 15) is 9.59 Å². The summed E-state index contributed by atoms with van der Waals surface area (Å²) in [6.45, 7) is 1.67. The average Bonchev–Trinajstić information content (AvgIpc) is 3.36. The number of nitrogens with two attached hydrogens (primary N) is 1. The Morgan fingerprint density at radius 3 is 2.34 bits per heavy atom. The van der Waals surface area contributed by atoms with E-state index in [0.717, 1.165) is 0 Å². The third-order valence-corrected chi connectivity index (χ3v) is 6.34. The van der Waals surface area contributed by atoms with Crippen LogP contribution in [0.25, 0.3) is 5.69 Å². The minimum Gasteiger partial charge on any atom is -0.494 e. The van der Waals surface area contributed by atoms with Crippen molar-refractivity contribution in [2.45, 2.75) is 19.1 Å². The number of amides is 1. The van der Waals surface area contributed by atoms with Crippen molar-refractivity contribution in [3.8, 4) is 22.9 Å². The molecule has 1 aromatic heterocycles. The van der Waals surface area contributed by atoms with Gasteiger partial charge in [-0.2, -0.15) is 4.68 Å². The van der Waals surface area contributed by atoms with Crippen LogP contribution in [0.3, 0.4) is 0 Å². The lowest BCUT2D eigenvalue weighted by Gasteiger charge is -2.22. The maximum absolute atomic E-state index is 13.1.